The Morgan fingerprint density at radius 1 is 1.38 bits per heavy atom. The van der Waals surface area contributed by atoms with E-state index in [1.807, 2.05) is 6.92 Å². The van der Waals surface area contributed by atoms with Crippen molar-refractivity contribution in [2.75, 3.05) is 19.7 Å². The first-order valence-corrected chi connectivity index (χ1v) is 8.54. The third-order valence-electron chi connectivity index (χ3n) is 4.60. The number of likely N-dealkylation sites (tertiary alicyclic amines) is 1. The van der Waals surface area contributed by atoms with Crippen LogP contribution in [-0.4, -0.2) is 42.5 Å². The minimum atomic E-state index is -0.489. The van der Waals surface area contributed by atoms with Crippen LogP contribution in [0, 0.1) is 11.7 Å². The Balaban J connectivity index is 1.60. The fraction of sp³-hybridized carbons (Fsp3) is 0.556. The molecule has 1 aliphatic heterocycles. The predicted octanol–water partition coefficient (Wildman–Crippen LogP) is 2.10. The van der Waals surface area contributed by atoms with E-state index in [0.717, 1.165) is 0 Å². The van der Waals surface area contributed by atoms with Crippen LogP contribution < -0.4 is 5.32 Å². The second-order valence-corrected chi connectivity index (χ2v) is 6.50. The summed E-state index contributed by atoms with van der Waals surface area (Å²) < 4.78 is 19.4. The molecule has 1 atom stereocenters. The number of likely N-dealkylation sites (N-methyl/N-ethyl adjacent to an activating group) is 1. The van der Waals surface area contributed by atoms with Gasteiger partial charge in [-0.05, 0) is 50.3 Å². The zero-order valence-corrected chi connectivity index (χ0v) is 13.9. The van der Waals surface area contributed by atoms with Gasteiger partial charge in [0.05, 0.1) is 6.61 Å². The molecule has 1 aromatic rings. The van der Waals surface area contributed by atoms with E-state index < -0.39 is 6.04 Å². The van der Waals surface area contributed by atoms with Crippen LogP contribution in [-0.2, 0) is 16.1 Å². The number of halogens is 1. The quantitative estimate of drug-likeness (QED) is 0.831. The van der Waals surface area contributed by atoms with Gasteiger partial charge in [-0.3, -0.25) is 9.59 Å². The Bertz CT molecular complexity index is 631. The zero-order chi connectivity index (χ0) is 17.1. The van der Waals surface area contributed by atoms with Crippen molar-refractivity contribution in [2.45, 2.75) is 38.8 Å². The highest BCUT2D eigenvalue weighted by Crippen LogP contribution is 2.29. The number of carbonyl (C=O) groups is 2. The maximum Gasteiger partial charge on any atom is 0.251 e. The largest absolute Gasteiger partial charge is 0.376 e. The average Bonchev–Trinajstić information content (AvgIpc) is 3.33. The van der Waals surface area contributed by atoms with Gasteiger partial charge >= 0.3 is 0 Å². The first-order chi connectivity index (χ1) is 11.6. The summed E-state index contributed by atoms with van der Waals surface area (Å²) in [5, 5.41) is 2.75. The Labute approximate surface area is 141 Å². The average molecular weight is 334 g/mol. The minimum absolute atomic E-state index is 0.0547. The molecule has 2 fully saturated rings. The lowest BCUT2D eigenvalue weighted by atomic mass is 10.1. The summed E-state index contributed by atoms with van der Waals surface area (Å²) in [6.45, 7) is 4.01. The predicted molar refractivity (Wildman–Crippen MR) is 86.9 cm³/mol. The van der Waals surface area contributed by atoms with Crippen LogP contribution in [0.15, 0.2) is 18.2 Å². The van der Waals surface area contributed by atoms with E-state index in [0.29, 0.717) is 43.2 Å². The molecule has 1 saturated heterocycles. The SMILES string of the molecule is CCN1CCC(NC(=O)c2ccc(F)c(COCC3CC3)c2)C1=O. The van der Waals surface area contributed by atoms with E-state index >= 15 is 0 Å². The molecule has 2 aliphatic rings. The molecule has 5 nitrogen and oxygen atoms in total. The van der Waals surface area contributed by atoms with Gasteiger partial charge in [0.15, 0.2) is 0 Å². The molecule has 130 valence electrons. The van der Waals surface area contributed by atoms with Crippen molar-refractivity contribution in [3.63, 3.8) is 0 Å². The number of benzene rings is 1. The molecular weight excluding hydrogens is 311 g/mol. The number of carbonyl (C=O) groups excluding carboxylic acids is 2. The molecule has 0 aromatic heterocycles. The molecule has 1 saturated carbocycles. The maximum atomic E-state index is 13.9. The monoisotopic (exact) mass is 334 g/mol. The van der Waals surface area contributed by atoms with Gasteiger partial charge in [0.1, 0.15) is 11.9 Å². The van der Waals surface area contributed by atoms with E-state index in [1.165, 1.54) is 31.0 Å². The fourth-order valence-corrected chi connectivity index (χ4v) is 2.88. The molecule has 1 unspecified atom stereocenters. The Hall–Kier alpha value is -1.95. The molecule has 24 heavy (non-hydrogen) atoms. The summed E-state index contributed by atoms with van der Waals surface area (Å²) in [5.74, 6) is -0.179. The number of nitrogens with one attached hydrogen (secondary N) is 1. The third kappa shape index (κ3) is 3.93. The van der Waals surface area contributed by atoms with Crippen molar-refractivity contribution >= 4 is 11.8 Å². The Morgan fingerprint density at radius 2 is 2.17 bits per heavy atom. The van der Waals surface area contributed by atoms with Crippen molar-refractivity contribution in [2.24, 2.45) is 5.92 Å². The Morgan fingerprint density at radius 3 is 2.83 bits per heavy atom. The first kappa shape index (κ1) is 16.9. The first-order valence-electron chi connectivity index (χ1n) is 8.54. The van der Waals surface area contributed by atoms with E-state index in [2.05, 4.69) is 5.32 Å². The molecule has 1 aromatic carbocycles. The fourth-order valence-electron chi connectivity index (χ4n) is 2.88. The maximum absolute atomic E-state index is 13.9. The number of amides is 2. The lowest BCUT2D eigenvalue weighted by Crippen LogP contribution is -2.41. The number of hydrogen-bond donors (Lipinski definition) is 1. The minimum Gasteiger partial charge on any atom is -0.376 e. The van der Waals surface area contributed by atoms with E-state index in [4.69, 9.17) is 4.74 Å². The van der Waals surface area contributed by atoms with Gasteiger partial charge in [-0.15, -0.1) is 0 Å². The summed E-state index contributed by atoms with van der Waals surface area (Å²) in [5.41, 5.74) is 0.723. The summed E-state index contributed by atoms with van der Waals surface area (Å²) in [7, 11) is 0. The van der Waals surface area contributed by atoms with Gasteiger partial charge in [-0.1, -0.05) is 0 Å². The van der Waals surface area contributed by atoms with Crippen molar-refractivity contribution in [1.82, 2.24) is 10.2 Å². The molecule has 1 N–H and O–H groups in total. The van der Waals surface area contributed by atoms with Crippen LogP contribution in [0.5, 0.6) is 0 Å². The van der Waals surface area contributed by atoms with Gasteiger partial charge in [0.25, 0.3) is 5.91 Å². The highest BCUT2D eigenvalue weighted by molar-refractivity contribution is 5.98. The van der Waals surface area contributed by atoms with Gasteiger partial charge in [0, 0.05) is 30.8 Å². The standard InChI is InChI=1S/C18H23FN2O3/c1-2-21-8-7-16(18(21)23)20-17(22)13-5-6-15(19)14(9-13)11-24-10-12-3-4-12/h5-6,9,12,16H,2-4,7-8,10-11H2,1H3,(H,20,22). The van der Waals surface area contributed by atoms with Crippen LogP contribution >= 0.6 is 0 Å². The van der Waals surface area contributed by atoms with Crippen LogP contribution in [0.1, 0.15) is 42.1 Å². The van der Waals surface area contributed by atoms with Crippen molar-refractivity contribution < 1.29 is 18.7 Å². The number of ether oxygens (including phenoxy) is 1. The topological polar surface area (TPSA) is 58.6 Å². The van der Waals surface area contributed by atoms with Crippen LogP contribution in [0.3, 0.4) is 0 Å². The Kier molecular flexibility index (Phi) is 5.14. The molecule has 1 aliphatic carbocycles. The molecule has 0 radical (unpaired) electrons. The van der Waals surface area contributed by atoms with Crippen LogP contribution in [0.2, 0.25) is 0 Å². The highest BCUT2D eigenvalue weighted by atomic mass is 19.1. The van der Waals surface area contributed by atoms with Gasteiger partial charge in [0.2, 0.25) is 5.91 Å². The van der Waals surface area contributed by atoms with Gasteiger partial charge in [-0.25, -0.2) is 4.39 Å². The zero-order valence-electron chi connectivity index (χ0n) is 13.9. The van der Waals surface area contributed by atoms with Crippen molar-refractivity contribution in [3.05, 3.63) is 35.1 Å². The van der Waals surface area contributed by atoms with Crippen molar-refractivity contribution in [1.29, 1.82) is 0 Å². The second-order valence-electron chi connectivity index (χ2n) is 6.50. The second kappa shape index (κ2) is 7.30. The van der Waals surface area contributed by atoms with Crippen LogP contribution in [0.25, 0.3) is 0 Å². The third-order valence-corrected chi connectivity index (χ3v) is 4.60. The van der Waals surface area contributed by atoms with Gasteiger partial charge in [-0.2, -0.15) is 0 Å². The van der Waals surface area contributed by atoms with E-state index in [-0.39, 0.29) is 24.2 Å². The molecule has 0 spiro atoms. The van der Waals surface area contributed by atoms with E-state index in [1.54, 1.807) is 4.90 Å². The lowest BCUT2D eigenvalue weighted by Gasteiger charge is -2.15. The van der Waals surface area contributed by atoms with Crippen molar-refractivity contribution in [3.8, 4) is 0 Å². The molecule has 0 bridgehead atoms. The molecule has 6 heteroatoms. The van der Waals surface area contributed by atoms with Gasteiger partial charge < -0.3 is 15.0 Å². The summed E-state index contributed by atoms with van der Waals surface area (Å²) in [6, 6.07) is 3.73. The highest BCUT2D eigenvalue weighted by Gasteiger charge is 2.31. The smallest absolute Gasteiger partial charge is 0.251 e. The van der Waals surface area contributed by atoms with Crippen LogP contribution in [0.4, 0.5) is 4.39 Å². The summed E-state index contributed by atoms with van der Waals surface area (Å²) in [6.07, 6.45) is 2.96. The number of nitrogens with zero attached hydrogens (tertiary/aromatic N) is 1. The lowest BCUT2D eigenvalue weighted by molar-refractivity contribution is -0.129. The molecule has 1 heterocycles. The number of hydrogen-bond acceptors (Lipinski definition) is 3. The normalized spacial score (nSPS) is 20.5. The summed E-state index contributed by atoms with van der Waals surface area (Å²) in [4.78, 5) is 26.1. The molecule has 3 rings (SSSR count). The molecular formula is C18H23FN2O3. The number of rotatable bonds is 7. The summed E-state index contributed by atoms with van der Waals surface area (Å²) >= 11 is 0. The molecule has 2 amide bonds. The van der Waals surface area contributed by atoms with E-state index in [9.17, 15) is 14.0 Å².